The van der Waals surface area contributed by atoms with E-state index in [4.69, 9.17) is 0 Å². The van der Waals surface area contributed by atoms with Crippen molar-refractivity contribution < 1.29 is 14.4 Å². The normalized spacial score (nSPS) is 12.7. The summed E-state index contributed by atoms with van der Waals surface area (Å²) in [5, 5.41) is 20.6. The number of aliphatic hydroxyl groups excluding tert-OH is 1. The van der Waals surface area contributed by atoms with E-state index in [1.807, 2.05) is 18.7 Å². The molecule has 0 heterocycles. The van der Waals surface area contributed by atoms with Crippen LogP contribution in [0.3, 0.4) is 0 Å². The van der Waals surface area contributed by atoms with Crippen molar-refractivity contribution in [1.29, 1.82) is 0 Å². The van der Waals surface area contributed by atoms with E-state index in [9.17, 15) is 19.6 Å². The minimum Gasteiger partial charge on any atom is -0.387 e. The van der Waals surface area contributed by atoms with Crippen LogP contribution >= 0.6 is 0 Å². The third kappa shape index (κ3) is 3.48. The second kappa shape index (κ2) is 6.42. The van der Waals surface area contributed by atoms with Gasteiger partial charge >= 0.3 is 5.69 Å². The summed E-state index contributed by atoms with van der Waals surface area (Å²) in [7, 11) is 0. The van der Waals surface area contributed by atoms with Crippen LogP contribution in [0.5, 0.6) is 0 Å². The van der Waals surface area contributed by atoms with Gasteiger partial charge in [0.2, 0.25) is 5.82 Å². The van der Waals surface area contributed by atoms with Crippen LogP contribution < -0.4 is 0 Å². The number of rotatable bonds is 6. The zero-order chi connectivity index (χ0) is 13.7. The fourth-order valence-electron chi connectivity index (χ4n) is 1.71. The maximum absolute atomic E-state index is 13.1. The Kier molecular flexibility index (Phi) is 5.18. The number of likely N-dealkylation sites (N-methyl/N-ethyl adjacent to an activating group) is 1. The largest absolute Gasteiger partial charge is 0.387 e. The monoisotopic (exact) mass is 256 g/mol. The first-order valence-corrected chi connectivity index (χ1v) is 5.83. The second-order valence-corrected chi connectivity index (χ2v) is 3.97. The number of benzene rings is 1. The lowest BCUT2D eigenvalue weighted by atomic mass is 10.1. The average molecular weight is 256 g/mol. The predicted molar refractivity (Wildman–Crippen MR) is 65.8 cm³/mol. The number of nitro benzene ring substituents is 1. The second-order valence-electron chi connectivity index (χ2n) is 3.97. The number of hydrogen-bond acceptors (Lipinski definition) is 4. The number of halogens is 1. The van der Waals surface area contributed by atoms with E-state index in [0.29, 0.717) is 12.1 Å². The quantitative estimate of drug-likeness (QED) is 0.625. The van der Waals surface area contributed by atoms with Gasteiger partial charge in [-0.3, -0.25) is 10.1 Å². The highest BCUT2D eigenvalue weighted by atomic mass is 19.1. The molecule has 5 nitrogen and oxygen atoms in total. The fraction of sp³-hybridized carbons (Fsp3) is 0.500. The van der Waals surface area contributed by atoms with Crippen molar-refractivity contribution in [3.05, 3.63) is 39.7 Å². The summed E-state index contributed by atoms with van der Waals surface area (Å²) in [6.45, 7) is 5.84. The Morgan fingerprint density at radius 2 is 2.06 bits per heavy atom. The first-order valence-electron chi connectivity index (χ1n) is 5.83. The van der Waals surface area contributed by atoms with Crippen LogP contribution in [-0.2, 0) is 0 Å². The Bertz CT molecular complexity index is 422. The lowest BCUT2D eigenvalue weighted by molar-refractivity contribution is -0.387. The summed E-state index contributed by atoms with van der Waals surface area (Å²) in [5.41, 5.74) is -0.249. The molecule has 1 unspecified atom stereocenters. The van der Waals surface area contributed by atoms with Gasteiger partial charge in [0.05, 0.1) is 11.0 Å². The van der Waals surface area contributed by atoms with Gasteiger partial charge in [0.1, 0.15) is 0 Å². The molecule has 0 aliphatic carbocycles. The van der Waals surface area contributed by atoms with Crippen LogP contribution in [0.2, 0.25) is 0 Å². The zero-order valence-corrected chi connectivity index (χ0v) is 10.5. The molecule has 1 rings (SSSR count). The first kappa shape index (κ1) is 14.5. The van der Waals surface area contributed by atoms with Gasteiger partial charge in [0.25, 0.3) is 0 Å². The Balaban J connectivity index is 2.89. The minimum absolute atomic E-state index is 0.356. The van der Waals surface area contributed by atoms with Gasteiger partial charge in [-0.05, 0) is 24.7 Å². The number of nitro groups is 1. The Hall–Kier alpha value is -1.53. The van der Waals surface area contributed by atoms with Crippen molar-refractivity contribution in [1.82, 2.24) is 4.90 Å². The molecule has 1 aromatic rings. The molecule has 0 aliphatic heterocycles. The van der Waals surface area contributed by atoms with Gasteiger partial charge in [0.15, 0.2) is 0 Å². The molecule has 100 valence electrons. The maximum Gasteiger partial charge on any atom is 0.305 e. The van der Waals surface area contributed by atoms with E-state index in [2.05, 4.69) is 0 Å². The van der Waals surface area contributed by atoms with Crippen LogP contribution in [0, 0.1) is 15.9 Å². The molecule has 0 radical (unpaired) electrons. The summed E-state index contributed by atoms with van der Waals surface area (Å²) in [6, 6.07) is 3.47. The Labute approximate surface area is 105 Å². The number of nitrogens with zero attached hydrogens (tertiary/aromatic N) is 2. The predicted octanol–water partition coefficient (Wildman–Crippen LogP) is 2.11. The van der Waals surface area contributed by atoms with Crippen molar-refractivity contribution in [3.63, 3.8) is 0 Å². The standard InChI is InChI=1S/C12H17FN2O3/c1-3-14(4-2)8-12(16)9-5-6-10(13)11(7-9)15(17)18/h5-7,12,16H,3-4,8H2,1-2H3. The molecule has 0 saturated heterocycles. The van der Waals surface area contributed by atoms with Crippen molar-refractivity contribution >= 4 is 5.69 Å². The average Bonchev–Trinajstić information content (AvgIpc) is 2.35. The van der Waals surface area contributed by atoms with Crippen molar-refractivity contribution in [2.24, 2.45) is 0 Å². The third-order valence-electron chi connectivity index (χ3n) is 2.88. The van der Waals surface area contributed by atoms with E-state index in [1.54, 1.807) is 0 Å². The molecule has 0 saturated carbocycles. The first-order chi connectivity index (χ1) is 8.49. The Morgan fingerprint density at radius 1 is 1.44 bits per heavy atom. The molecule has 1 aromatic carbocycles. The summed E-state index contributed by atoms with van der Waals surface area (Å²) in [6.07, 6.45) is -0.857. The smallest absolute Gasteiger partial charge is 0.305 e. The van der Waals surface area contributed by atoms with E-state index < -0.39 is 22.5 Å². The third-order valence-corrected chi connectivity index (χ3v) is 2.88. The summed E-state index contributed by atoms with van der Waals surface area (Å²) >= 11 is 0. The summed E-state index contributed by atoms with van der Waals surface area (Å²) in [5.74, 6) is -0.890. The maximum atomic E-state index is 13.1. The molecule has 6 heteroatoms. The van der Waals surface area contributed by atoms with Crippen molar-refractivity contribution in [3.8, 4) is 0 Å². The van der Waals surface area contributed by atoms with E-state index >= 15 is 0 Å². The molecule has 0 aromatic heterocycles. The molecule has 1 atom stereocenters. The molecular formula is C12H17FN2O3. The van der Waals surface area contributed by atoms with Crippen LogP contribution in [-0.4, -0.2) is 34.6 Å². The highest BCUT2D eigenvalue weighted by molar-refractivity contribution is 5.37. The van der Waals surface area contributed by atoms with Crippen LogP contribution in [0.25, 0.3) is 0 Å². The van der Waals surface area contributed by atoms with Crippen molar-refractivity contribution in [2.75, 3.05) is 19.6 Å². The summed E-state index contributed by atoms with van der Waals surface area (Å²) in [4.78, 5) is 11.8. The van der Waals surface area contributed by atoms with Gasteiger partial charge in [-0.1, -0.05) is 19.9 Å². The van der Waals surface area contributed by atoms with Crippen LogP contribution in [0.4, 0.5) is 10.1 Å². The molecule has 0 bridgehead atoms. The highest BCUT2D eigenvalue weighted by Gasteiger charge is 2.18. The van der Waals surface area contributed by atoms with Gasteiger partial charge in [-0.2, -0.15) is 4.39 Å². The molecule has 0 amide bonds. The lowest BCUT2D eigenvalue weighted by Crippen LogP contribution is -2.28. The van der Waals surface area contributed by atoms with Crippen LogP contribution in [0.15, 0.2) is 18.2 Å². The molecule has 18 heavy (non-hydrogen) atoms. The van der Waals surface area contributed by atoms with E-state index in [1.165, 1.54) is 6.07 Å². The molecule has 0 spiro atoms. The molecule has 1 N–H and O–H groups in total. The van der Waals surface area contributed by atoms with E-state index in [0.717, 1.165) is 25.2 Å². The van der Waals surface area contributed by atoms with Gasteiger partial charge < -0.3 is 10.0 Å². The number of hydrogen-bond donors (Lipinski definition) is 1. The lowest BCUT2D eigenvalue weighted by Gasteiger charge is -2.21. The highest BCUT2D eigenvalue weighted by Crippen LogP contribution is 2.23. The SMILES string of the molecule is CCN(CC)CC(O)c1ccc(F)c([N+](=O)[O-])c1. The van der Waals surface area contributed by atoms with Gasteiger partial charge in [0, 0.05) is 12.6 Å². The van der Waals surface area contributed by atoms with Gasteiger partial charge in [-0.25, -0.2) is 0 Å². The number of aliphatic hydroxyl groups is 1. The van der Waals surface area contributed by atoms with Crippen molar-refractivity contribution in [2.45, 2.75) is 20.0 Å². The molecule has 0 fully saturated rings. The summed E-state index contributed by atoms with van der Waals surface area (Å²) < 4.78 is 13.1. The molecule has 0 aliphatic rings. The molecular weight excluding hydrogens is 239 g/mol. The van der Waals surface area contributed by atoms with Gasteiger partial charge in [-0.15, -0.1) is 0 Å². The minimum atomic E-state index is -0.890. The Morgan fingerprint density at radius 3 is 2.56 bits per heavy atom. The van der Waals surface area contributed by atoms with E-state index in [-0.39, 0.29) is 0 Å². The topological polar surface area (TPSA) is 66.6 Å². The fourth-order valence-corrected chi connectivity index (χ4v) is 1.71. The van der Waals surface area contributed by atoms with Crippen LogP contribution in [0.1, 0.15) is 25.5 Å². The zero-order valence-electron chi connectivity index (χ0n) is 10.5.